The average molecular weight is 481 g/mol. The minimum Gasteiger partial charge on any atom is -0.366 e. The number of rotatable bonds is 5. The van der Waals surface area contributed by atoms with E-state index >= 15 is 0 Å². The van der Waals surface area contributed by atoms with Crippen molar-refractivity contribution in [3.8, 4) is 0 Å². The van der Waals surface area contributed by atoms with Gasteiger partial charge in [-0.05, 0) is 44.4 Å². The number of carbonyl (C=O) groups is 1. The van der Waals surface area contributed by atoms with Gasteiger partial charge in [-0.3, -0.25) is 9.78 Å². The summed E-state index contributed by atoms with van der Waals surface area (Å²) in [5.74, 6) is -2.10. The van der Waals surface area contributed by atoms with E-state index in [0.717, 1.165) is 60.8 Å². The topological polar surface area (TPSA) is 74.2 Å². The van der Waals surface area contributed by atoms with Gasteiger partial charge in [-0.15, -0.1) is 5.10 Å². The summed E-state index contributed by atoms with van der Waals surface area (Å²) in [6.45, 7) is 8.71. The molecule has 0 aliphatic carbocycles. The Hall–Kier alpha value is -3.36. The molecule has 1 amide bonds. The molecule has 4 heterocycles. The number of aromatic nitrogens is 3. The second kappa shape index (κ2) is 8.70. The van der Waals surface area contributed by atoms with Gasteiger partial charge in [0.25, 0.3) is 5.92 Å². The van der Waals surface area contributed by atoms with Crippen molar-refractivity contribution in [2.75, 3.05) is 29.9 Å². The van der Waals surface area contributed by atoms with Crippen LogP contribution in [0.5, 0.6) is 0 Å². The van der Waals surface area contributed by atoms with Crippen molar-refractivity contribution in [3.63, 3.8) is 0 Å². The second-order valence-electron chi connectivity index (χ2n) is 9.72. The number of halogens is 2. The fourth-order valence-corrected chi connectivity index (χ4v) is 5.41. The van der Waals surface area contributed by atoms with Crippen LogP contribution >= 0.6 is 0 Å². The number of benzene rings is 1. The van der Waals surface area contributed by atoms with E-state index in [1.165, 1.54) is 6.07 Å². The number of nitrogens with zero attached hydrogens (tertiary/aromatic N) is 5. The molecule has 2 fully saturated rings. The fraction of sp³-hybridized carbons (Fsp3) is 0.462. The predicted octanol–water partition coefficient (Wildman–Crippen LogP) is 4.74. The molecule has 2 aromatic heterocycles. The summed E-state index contributed by atoms with van der Waals surface area (Å²) in [4.78, 5) is 21.0. The Morgan fingerprint density at radius 1 is 1.20 bits per heavy atom. The summed E-state index contributed by atoms with van der Waals surface area (Å²) < 4.78 is 28.2. The number of hydrogen-bond acceptors (Lipinski definition) is 6. The van der Waals surface area contributed by atoms with Crippen LogP contribution in [0.1, 0.15) is 55.1 Å². The zero-order chi connectivity index (χ0) is 24.9. The van der Waals surface area contributed by atoms with E-state index in [4.69, 9.17) is 4.98 Å². The SMILES string of the molecule is Cc1c([C@@H](C)Nc2nnc(C)c3ncc(N4CCN5C(=O)CC[C@@H]5C4)cc23)cccc1C(C)(F)F. The van der Waals surface area contributed by atoms with Gasteiger partial charge < -0.3 is 15.1 Å². The number of aryl methyl sites for hydroxylation is 1. The van der Waals surface area contributed by atoms with Crippen LogP contribution in [0.15, 0.2) is 30.5 Å². The Kier molecular flexibility index (Phi) is 5.81. The number of pyridine rings is 1. The van der Waals surface area contributed by atoms with Crippen molar-refractivity contribution >= 4 is 28.3 Å². The third-order valence-electron chi connectivity index (χ3n) is 7.30. The number of hydrogen-bond donors (Lipinski definition) is 1. The summed E-state index contributed by atoms with van der Waals surface area (Å²) in [6, 6.07) is 7.04. The number of piperazine rings is 1. The third-order valence-corrected chi connectivity index (χ3v) is 7.30. The van der Waals surface area contributed by atoms with Crippen molar-refractivity contribution in [3.05, 3.63) is 52.8 Å². The van der Waals surface area contributed by atoms with Crippen LogP contribution in [-0.4, -0.2) is 51.7 Å². The molecular formula is C26H30F2N6O. The number of fused-ring (bicyclic) bond motifs is 2. The molecule has 184 valence electrons. The van der Waals surface area contributed by atoms with Crippen LogP contribution in [0.3, 0.4) is 0 Å². The average Bonchev–Trinajstić information content (AvgIpc) is 3.20. The molecule has 2 atom stereocenters. The predicted molar refractivity (Wildman–Crippen MR) is 132 cm³/mol. The van der Waals surface area contributed by atoms with Crippen molar-refractivity contribution in [1.82, 2.24) is 20.1 Å². The minimum atomic E-state index is -2.91. The number of amides is 1. The van der Waals surface area contributed by atoms with Crippen LogP contribution in [0.2, 0.25) is 0 Å². The lowest BCUT2D eigenvalue weighted by molar-refractivity contribution is -0.129. The summed E-state index contributed by atoms with van der Waals surface area (Å²) in [6.07, 6.45) is 3.37. The first-order chi connectivity index (χ1) is 16.6. The molecule has 2 saturated heterocycles. The summed E-state index contributed by atoms with van der Waals surface area (Å²) in [5, 5.41) is 12.9. The van der Waals surface area contributed by atoms with Crippen molar-refractivity contribution in [2.24, 2.45) is 0 Å². The molecule has 7 nitrogen and oxygen atoms in total. The zero-order valence-corrected chi connectivity index (χ0v) is 20.5. The van der Waals surface area contributed by atoms with Crippen molar-refractivity contribution in [1.29, 1.82) is 0 Å². The molecule has 1 N–H and O–H groups in total. The maximum absolute atomic E-state index is 14.1. The third kappa shape index (κ3) is 4.28. The van der Waals surface area contributed by atoms with Gasteiger partial charge in [-0.2, -0.15) is 5.10 Å². The molecule has 0 saturated carbocycles. The van der Waals surface area contributed by atoms with Crippen LogP contribution in [0.4, 0.5) is 20.3 Å². The van der Waals surface area contributed by atoms with Gasteiger partial charge in [0.1, 0.15) is 0 Å². The van der Waals surface area contributed by atoms with E-state index < -0.39 is 5.92 Å². The second-order valence-corrected chi connectivity index (χ2v) is 9.72. The van der Waals surface area contributed by atoms with E-state index in [0.29, 0.717) is 17.8 Å². The molecule has 35 heavy (non-hydrogen) atoms. The molecule has 3 aromatic rings. The lowest BCUT2D eigenvalue weighted by Crippen LogP contribution is -2.51. The molecule has 0 radical (unpaired) electrons. The normalized spacial score (nSPS) is 19.3. The van der Waals surface area contributed by atoms with Gasteiger partial charge >= 0.3 is 0 Å². The Labute approximate surface area is 203 Å². The van der Waals surface area contributed by atoms with Gasteiger partial charge in [0, 0.05) is 50.0 Å². The molecule has 0 bridgehead atoms. The molecule has 5 rings (SSSR count). The first-order valence-corrected chi connectivity index (χ1v) is 12.0. The maximum atomic E-state index is 14.1. The zero-order valence-electron chi connectivity index (χ0n) is 20.5. The van der Waals surface area contributed by atoms with Crippen LogP contribution in [0.25, 0.3) is 10.9 Å². The Morgan fingerprint density at radius 3 is 2.77 bits per heavy atom. The summed E-state index contributed by atoms with van der Waals surface area (Å²) in [5.41, 5.74) is 3.82. The number of alkyl halides is 2. The smallest absolute Gasteiger partial charge is 0.270 e. The van der Waals surface area contributed by atoms with E-state index in [1.807, 2.05) is 31.0 Å². The van der Waals surface area contributed by atoms with Crippen LogP contribution in [0, 0.1) is 13.8 Å². The van der Waals surface area contributed by atoms with Crippen molar-refractivity contribution < 1.29 is 13.6 Å². The van der Waals surface area contributed by atoms with Crippen LogP contribution in [-0.2, 0) is 10.7 Å². The molecule has 2 aliphatic heterocycles. The minimum absolute atomic E-state index is 0.0250. The Bertz CT molecular complexity index is 1290. The van der Waals surface area contributed by atoms with Gasteiger partial charge in [0.05, 0.1) is 29.1 Å². The molecule has 0 spiro atoms. The number of carbonyl (C=O) groups excluding carboxylic acids is 1. The quantitative estimate of drug-likeness (QED) is 0.569. The highest BCUT2D eigenvalue weighted by atomic mass is 19.3. The standard InChI is InChI=1S/C26H30F2N6O/c1-15-20(6-5-7-22(15)26(4,27)28)16(2)30-25-21-12-19(13-29-24(21)17(3)31-32-25)33-10-11-34-18(14-33)8-9-23(34)35/h5-7,12-13,16,18H,8-11,14H2,1-4H3,(H,30,32)/t16-,18-/m1/s1. The Balaban J connectivity index is 1.46. The molecule has 9 heteroatoms. The van der Waals surface area contributed by atoms with Gasteiger partial charge in [0.2, 0.25) is 5.91 Å². The van der Waals surface area contributed by atoms with E-state index in [2.05, 4.69) is 26.5 Å². The first kappa shape index (κ1) is 23.4. The van der Waals surface area contributed by atoms with Gasteiger partial charge in [-0.25, -0.2) is 8.78 Å². The lowest BCUT2D eigenvalue weighted by Gasteiger charge is -2.38. The van der Waals surface area contributed by atoms with Gasteiger partial charge in [-0.1, -0.05) is 18.2 Å². The summed E-state index contributed by atoms with van der Waals surface area (Å²) >= 11 is 0. The monoisotopic (exact) mass is 480 g/mol. The highest BCUT2D eigenvalue weighted by Gasteiger charge is 2.35. The molecular weight excluding hydrogens is 450 g/mol. The maximum Gasteiger partial charge on any atom is 0.270 e. The number of nitrogens with one attached hydrogen (secondary N) is 1. The highest BCUT2D eigenvalue weighted by molar-refractivity contribution is 5.92. The molecule has 0 unspecified atom stereocenters. The largest absolute Gasteiger partial charge is 0.366 e. The first-order valence-electron chi connectivity index (χ1n) is 12.0. The van der Waals surface area contributed by atoms with E-state index in [9.17, 15) is 13.6 Å². The van der Waals surface area contributed by atoms with Gasteiger partial charge in [0.15, 0.2) is 5.82 Å². The number of anilines is 2. The molecule has 1 aromatic carbocycles. The fourth-order valence-electron chi connectivity index (χ4n) is 5.41. The van der Waals surface area contributed by atoms with Crippen molar-refractivity contribution in [2.45, 2.75) is 58.5 Å². The summed E-state index contributed by atoms with van der Waals surface area (Å²) in [7, 11) is 0. The lowest BCUT2D eigenvalue weighted by atomic mass is 9.94. The Morgan fingerprint density at radius 2 is 2.00 bits per heavy atom. The van der Waals surface area contributed by atoms with E-state index in [-0.39, 0.29) is 23.6 Å². The highest BCUT2D eigenvalue weighted by Crippen LogP contribution is 2.35. The van der Waals surface area contributed by atoms with Crippen LogP contribution < -0.4 is 10.2 Å². The molecule has 2 aliphatic rings. The van der Waals surface area contributed by atoms with E-state index in [1.54, 1.807) is 13.0 Å².